The summed E-state index contributed by atoms with van der Waals surface area (Å²) in [6, 6.07) is 12.9. The maximum Gasteiger partial charge on any atom is 0.141 e. The van der Waals surface area contributed by atoms with Crippen molar-refractivity contribution in [2.45, 2.75) is 32.0 Å². The van der Waals surface area contributed by atoms with Crippen LogP contribution in [-0.4, -0.2) is 11.1 Å². The van der Waals surface area contributed by atoms with Crippen molar-refractivity contribution in [2.24, 2.45) is 0 Å². The number of aliphatic hydroxyl groups is 1. The molecule has 23 heavy (non-hydrogen) atoms. The van der Waals surface area contributed by atoms with E-state index in [9.17, 15) is 9.50 Å². The lowest BCUT2D eigenvalue weighted by molar-refractivity contribution is 0.130. The molecule has 2 N–H and O–H groups in total. The van der Waals surface area contributed by atoms with Gasteiger partial charge in [0.15, 0.2) is 0 Å². The Bertz CT molecular complexity index is 712. The highest BCUT2D eigenvalue weighted by atomic mass is 35.5. The van der Waals surface area contributed by atoms with E-state index >= 15 is 0 Å². The van der Waals surface area contributed by atoms with Crippen LogP contribution in [0.4, 0.5) is 4.39 Å². The Hall–Kier alpha value is -1.93. The van der Waals surface area contributed by atoms with Crippen LogP contribution in [0.1, 0.15) is 42.7 Å². The first-order valence-corrected chi connectivity index (χ1v) is 7.69. The van der Waals surface area contributed by atoms with Gasteiger partial charge in [0.25, 0.3) is 0 Å². The molecular formula is C18H18ClFN2O. The molecule has 0 saturated carbocycles. The van der Waals surface area contributed by atoms with E-state index in [1.54, 1.807) is 36.4 Å². The standard InChI is InChI=1S/C18H18ClFN2O/c1-11(14-3-4-15(10-21)17(20)9-14)22-12(2)18(23)13-5-7-16(19)8-6-13/h3-9,11-12,18,22-23H,1-2H3. The third-order valence-electron chi connectivity index (χ3n) is 3.81. The smallest absolute Gasteiger partial charge is 0.141 e. The number of benzene rings is 2. The summed E-state index contributed by atoms with van der Waals surface area (Å²) in [5.74, 6) is -0.537. The number of hydrogen-bond acceptors (Lipinski definition) is 3. The van der Waals surface area contributed by atoms with Crippen LogP contribution in [-0.2, 0) is 0 Å². The van der Waals surface area contributed by atoms with Gasteiger partial charge in [0.1, 0.15) is 11.9 Å². The number of hydrogen-bond donors (Lipinski definition) is 2. The molecule has 0 fully saturated rings. The van der Waals surface area contributed by atoms with Crippen LogP contribution in [0.15, 0.2) is 42.5 Å². The summed E-state index contributed by atoms with van der Waals surface area (Å²) in [6.07, 6.45) is -0.710. The minimum Gasteiger partial charge on any atom is -0.387 e. The lowest BCUT2D eigenvalue weighted by Gasteiger charge is -2.25. The van der Waals surface area contributed by atoms with Gasteiger partial charge in [0.05, 0.1) is 11.7 Å². The van der Waals surface area contributed by atoms with Crippen molar-refractivity contribution in [1.29, 1.82) is 5.26 Å². The molecule has 0 spiro atoms. The molecule has 0 amide bonds. The molecule has 0 aliphatic heterocycles. The Labute approximate surface area is 140 Å². The zero-order valence-corrected chi connectivity index (χ0v) is 13.7. The van der Waals surface area contributed by atoms with Gasteiger partial charge in [-0.05, 0) is 49.2 Å². The topological polar surface area (TPSA) is 56.0 Å². The molecule has 2 aromatic carbocycles. The fraction of sp³-hybridized carbons (Fsp3) is 0.278. The molecule has 5 heteroatoms. The highest BCUT2D eigenvalue weighted by molar-refractivity contribution is 6.30. The number of rotatable bonds is 5. The molecule has 120 valence electrons. The Kier molecular flexibility index (Phi) is 5.73. The molecule has 0 heterocycles. The minimum absolute atomic E-state index is 0.0233. The molecule has 3 nitrogen and oxygen atoms in total. The lowest BCUT2D eigenvalue weighted by Crippen LogP contribution is -2.34. The average Bonchev–Trinajstić information content (AvgIpc) is 2.54. The summed E-state index contributed by atoms with van der Waals surface area (Å²) in [5.41, 5.74) is 1.50. The summed E-state index contributed by atoms with van der Waals surface area (Å²) in [5, 5.41) is 23.0. The van der Waals surface area contributed by atoms with E-state index in [2.05, 4.69) is 5.32 Å². The normalized spacial score (nSPS) is 14.8. The van der Waals surface area contributed by atoms with Gasteiger partial charge in [0.2, 0.25) is 0 Å². The van der Waals surface area contributed by atoms with Crippen molar-refractivity contribution >= 4 is 11.6 Å². The summed E-state index contributed by atoms with van der Waals surface area (Å²) in [6.45, 7) is 3.74. The Balaban J connectivity index is 2.07. The largest absolute Gasteiger partial charge is 0.387 e. The first kappa shape index (κ1) is 17.4. The average molecular weight is 333 g/mol. The van der Waals surface area contributed by atoms with E-state index in [0.29, 0.717) is 5.02 Å². The summed E-state index contributed by atoms with van der Waals surface area (Å²) >= 11 is 5.84. The SMILES string of the molecule is CC(NC(C)C(O)c1ccc(Cl)cc1)c1ccc(C#N)c(F)c1. The first-order chi connectivity index (χ1) is 10.9. The minimum atomic E-state index is -0.710. The molecular weight excluding hydrogens is 315 g/mol. The number of nitrogens with zero attached hydrogens (tertiary/aromatic N) is 1. The molecule has 0 radical (unpaired) electrons. The summed E-state index contributed by atoms with van der Waals surface area (Å²) in [4.78, 5) is 0. The lowest BCUT2D eigenvalue weighted by atomic mass is 10.0. The van der Waals surface area contributed by atoms with E-state index in [-0.39, 0.29) is 17.6 Å². The highest BCUT2D eigenvalue weighted by Gasteiger charge is 2.19. The fourth-order valence-corrected chi connectivity index (χ4v) is 2.55. The van der Waals surface area contributed by atoms with Crippen LogP contribution in [0, 0.1) is 17.1 Å². The number of halogens is 2. The second kappa shape index (κ2) is 7.56. The first-order valence-electron chi connectivity index (χ1n) is 7.31. The van der Waals surface area contributed by atoms with Gasteiger partial charge in [0, 0.05) is 17.1 Å². The van der Waals surface area contributed by atoms with Crippen LogP contribution in [0.25, 0.3) is 0 Å². The number of aliphatic hydroxyl groups excluding tert-OH is 1. The maximum atomic E-state index is 13.7. The molecule has 0 saturated heterocycles. The van der Waals surface area contributed by atoms with E-state index in [0.717, 1.165) is 11.1 Å². The molecule has 0 bridgehead atoms. The van der Waals surface area contributed by atoms with Crippen molar-refractivity contribution in [2.75, 3.05) is 0 Å². The van der Waals surface area contributed by atoms with E-state index in [1.165, 1.54) is 12.1 Å². The van der Waals surface area contributed by atoms with Gasteiger partial charge in [-0.15, -0.1) is 0 Å². The Morgan fingerprint density at radius 1 is 1.13 bits per heavy atom. The molecule has 3 atom stereocenters. The van der Waals surface area contributed by atoms with Gasteiger partial charge < -0.3 is 10.4 Å². The highest BCUT2D eigenvalue weighted by Crippen LogP contribution is 2.22. The molecule has 3 unspecified atom stereocenters. The number of nitriles is 1. The zero-order valence-electron chi connectivity index (χ0n) is 12.9. The van der Waals surface area contributed by atoms with Crippen molar-refractivity contribution in [3.63, 3.8) is 0 Å². The second-order valence-corrected chi connectivity index (χ2v) is 5.96. The van der Waals surface area contributed by atoms with Gasteiger partial charge in [-0.3, -0.25) is 0 Å². The van der Waals surface area contributed by atoms with Crippen LogP contribution < -0.4 is 5.32 Å². The van der Waals surface area contributed by atoms with Crippen LogP contribution >= 0.6 is 11.6 Å². The summed E-state index contributed by atoms with van der Waals surface area (Å²) < 4.78 is 13.7. The fourth-order valence-electron chi connectivity index (χ4n) is 2.42. The van der Waals surface area contributed by atoms with Gasteiger partial charge >= 0.3 is 0 Å². The summed E-state index contributed by atoms with van der Waals surface area (Å²) in [7, 11) is 0. The molecule has 2 aromatic rings. The van der Waals surface area contributed by atoms with Crippen molar-refractivity contribution in [3.05, 3.63) is 70.0 Å². The Morgan fingerprint density at radius 2 is 1.74 bits per heavy atom. The molecule has 0 aliphatic rings. The predicted octanol–water partition coefficient (Wildman–Crippen LogP) is 4.12. The predicted molar refractivity (Wildman–Crippen MR) is 88.5 cm³/mol. The van der Waals surface area contributed by atoms with Crippen LogP contribution in [0.2, 0.25) is 5.02 Å². The zero-order chi connectivity index (χ0) is 17.0. The number of nitrogens with one attached hydrogen (secondary N) is 1. The molecule has 0 aromatic heterocycles. The van der Waals surface area contributed by atoms with E-state index in [4.69, 9.17) is 16.9 Å². The van der Waals surface area contributed by atoms with E-state index < -0.39 is 11.9 Å². The van der Waals surface area contributed by atoms with Crippen molar-refractivity contribution in [1.82, 2.24) is 5.32 Å². The third-order valence-corrected chi connectivity index (χ3v) is 4.06. The quantitative estimate of drug-likeness (QED) is 0.865. The molecule has 2 rings (SSSR count). The van der Waals surface area contributed by atoms with Gasteiger partial charge in [-0.1, -0.05) is 29.8 Å². The Morgan fingerprint density at radius 3 is 2.30 bits per heavy atom. The monoisotopic (exact) mass is 332 g/mol. The third kappa shape index (κ3) is 4.29. The van der Waals surface area contributed by atoms with Gasteiger partial charge in [-0.25, -0.2) is 4.39 Å². The molecule has 0 aliphatic carbocycles. The van der Waals surface area contributed by atoms with Crippen molar-refractivity contribution in [3.8, 4) is 6.07 Å². The second-order valence-electron chi connectivity index (χ2n) is 5.52. The van der Waals surface area contributed by atoms with Crippen LogP contribution in [0.5, 0.6) is 0 Å². The maximum absolute atomic E-state index is 13.7. The van der Waals surface area contributed by atoms with Crippen LogP contribution in [0.3, 0.4) is 0 Å². The van der Waals surface area contributed by atoms with Crippen molar-refractivity contribution < 1.29 is 9.50 Å². The van der Waals surface area contributed by atoms with Gasteiger partial charge in [-0.2, -0.15) is 5.26 Å². The van der Waals surface area contributed by atoms with E-state index in [1.807, 2.05) is 13.8 Å².